The van der Waals surface area contributed by atoms with Crippen molar-refractivity contribution < 1.29 is 17.2 Å². The summed E-state index contributed by atoms with van der Waals surface area (Å²) in [6.45, 7) is 4.68. The molecule has 0 aromatic heterocycles. The molecular formula is C11H20F2O2S. The molecule has 5 heteroatoms. The van der Waals surface area contributed by atoms with E-state index in [2.05, 4.69) is 0 Å². The molecule has 0 aromatic rings. The SMILES string of the molecule is CC(C)(C)S(=O)(=O)CC1CCCCC1(F)F. The van der Waals surface area contributed by atoms with Crippen molar-refractivity contribution >= 4 is 9.84 Å². The van der Waals surface area contributed by atoms with Gasteiger partial charge in [0.1, 0.15) is 0 Å². The van der Waals surface area contributed by atoms with Crippen LogP contribution in [-0.4, -0.2) is 24.8 Å². The minimum Gasteiger partial charge on any atom is -0.228 e. The second-order valence-electron chi connectivity index (χ2n) is 5.60. The van der Waals surface area contributed by atoms with Gasteiger partial charge in [-0.25, -0.2) is 17.2 Å². The molecule has 1 aliphatic carbocycles. The molecule has 0 amide bonds. The molecule has 0 bridgehead atoms. The first-order chi connectivity index (χ1) is 7.06. The van der Waals surface area contributed by atoms with Crippen molar-refractivity contribution in [2.24, 2.45) is 5.92 Å². The van der Waals surface area contributed by atoms with Crippen molar-refractivity contribution in [2.75, 3.05) is 5.75 Å². The van der Waals surface area contributed by atoms with Crippen LogP contribution < -0.4 is 0 Å². The van der Waals surface area contributed by atoms with Gasteiger partial charge in [0.2, 0.25) is 0 Å². The number of rotatable bonds is 2. The molecule has 0 spiro atoms. The lowest BCUT2D eigenvalue weighted by Crippen LogP contribution is -2.41. The van der Waals surface area contributed by atoms with E-state index in [1.54, 1.807) is 20.8 Å². The summed E-state index contributed by atoms with van der Waals surface area (Å²) in [4.78, 5) is 0. The summed E-state index contributed by atoms with van der Waals surface area (Å²) in [6.07, 6.45) is 1.36. The normalized spacial score (nSPS) is 26.7. The van der Waals surface area contributed by atoms with Gasteiger partial charge in [-0.2, -0.15) is 0 Å². The molecule has 0 aliphatic heterocycles. The van der Waals surface area contributed by atoms with Crippen molar-refractivity contribution in [1.82, 2.24) is 0 Å². The van der Waals surface area contributed by atoms with Crippen molar-refractivity contribution in [1.29, 1.82) is 0 Å². The van der Waals surface area contributed by atoms with Crippen molar-refractivity contribution in [3.63, 3.8) is 0 Å². The number of hydrogen-bond acceptors (Lipinski definition) is 2. The lowest BCUT2D eigenvalue weighted by atomic mass is 9.87. The van der Waals surface area contributed by atoms with Gasteiger partial charge in [-0.1, -0.05) is 6.42 Å². The van der Waals surface area contributed by atoms with Crippen LogP contribution >= 0.6 is 0 Å². The van der Waals surface area contributed by atoms with Gasteiger partial charge in [-0.3, -0.25) is 0 Å². The molecule has 1 aliphatic rings. The minimum atomic E-state index is -3.45. The maximum absolute atomic E-state index is 13.5. The van der Waals surface area contributed by atoms with E-state index in [1.807, 2.05) is 0 Å². The van der Waals surface area contributed by atoms with Crippen LogP contribution in [0.5, 0.6) is 0 Å². The summed E-state index contributed by atoms with van der Waals surface area (Å²) in [5, 5.41) is 0. The first-order valence-corrected chi connectivity index (χ1v) is 7.32. The topological polar surface area (TPSA) is 34.1 Å². The van der Waals surface area contributed by atoms with Crippen molar-refractivity contribution in [3.8, 4) is 0 Å². The largest absolute Gasteiger partial charge is 0.251 e. The summed E-state index contributed by atoms with van der Waals surface area (Å²) < 4.78 is 49.9. The third-order valence-corrected chi connectivity index (χ3v) is 5.97. The van der Waals surface area contributed by atoms with Crippen LogP contribution in [0.1, 0.15) is 46.5 Å². The molecule has 0 N–H and O–H groups in total. The highest BCUT2D eigenvalue weighted by atomic mass is 32.2. The van der Waals surface area contributed by atoms with Crippen LogP contribution in [0, 0.1) is 5.92 Å². The average molecular weight is 254 g/mol. The van der Waals surface area contributed by atoms with Crippen molar-refractivity contribution in [2.45, 2.75) is 57.1 Å². The number of hydrogen-bond donors (Lipinski definition) is 0. The Morgan fingerprint density at radius 1 is 1.25 bits per heavy atom. The predicted molar refractivity (Wildman–Crippen MR) is 60.4 cm³/mol. The second kappa shape index (κ2) is 4.24. The summed E-state index contributed by atoms with van der Waals surface area (Å²) >= 11 is 0. The molecule has 1 atom stereocenters. The Bertz CT molecular complexity index is 341. The Kier molecular flexibility index (Phi) is 3.68. The monoisotopic (exact) mass is 254 g/mol. The summed E-state index contributed by atoms with van der Waals surface area (Å²) in [5.74, 6) is -4.19. The van der Waals surface area contributed by atoms with E-state index >= 15 is 0 Å². The highest BCUT2D eigenvalue weighted by molar-refractivity contribution is 7.92. The zero-order chi connectivity index (χ0) is 12.6. The molecule has 0 aromatic carbocycles. The van der Waals surface area contributed by atoms with Crippen molar-refractivity contribution in [3.05, 3.63) is 0 Å². The molecule has 1 fully saturated rings. The predicted octanol–water partition coefficient (Wildman–Crippen LogP) is 3.03. The van der Waals surface area contributed by atoms with E-state index in [4.69, 9.17) is 0 Å². The number of sulfone groups is 1. The fourth-order valence-electron chi connectivity index (χ4n) is 1.89. The number of halogens is 2. The Morgan fingerprint density at radius 2 is 1.81 bits per heavy atom. The molecule has 0 radical (unpaired) electrons. The van der Waals surface area contributed by atoms with E-state index in [-0.39, 0.29) is 12.2 Å². The second-order valence-corrected chi connectivity index (χ2v) is 8.39. The molecule has 96 valence electrons. The van der Waals surface area contributed by atoms with E-state index in [1.165, 1.54) is 0 Å². The van der Waals surface area contributed by atoms with Gasteiger partial charge in [-0.05, 0) is 33.6 Å². The Labute approximate surface area is 96.3 Å². The zero-order valence-corrected chi connectivity index (χ0v) is 10.9. The highest BCUT2D eigenvalue weighted by Crippen LogP contribution is 2.40. The lowest BCUT2D eigenvalue weighted by molar-refractivity contribution is -0.0771. The quantitative estimate of drug-likeness (QED) is 0.759. The maximum atomic E-state index is 13.5. The van der Waals surface area contributed by atoms with E-state index in [0.717, 1.165) is 0 Å². The van der Waals surface area contributed by atoms with E-state index in [0.29, 0.717) is 19.3 Å². The van der Waals surface area contributed by atoms with Crippen LogP contribution in [-0.2, 0) is 9.84 Å². The first kappa shape index (κ1) is 13.9. The third-order valence-electron chi connectivity index (χ3n) is 3.26. The molecule has 1 rings (SSSR count). The fourth-order valence-corrected chi connectivity index (χ4v) is 3.33. The number of alkyl halides is 2. The van der Waals surface area contributed by atoms with E-state index < -0.39 is 26.4 Å². The van der Waals surface area contributed by atoms with Gasteiger partial charge in [0.25, 0.3) is 5.92 Å². The van der Waals surface area contributed by atoms with Crippen LogP contribution in [0.2, 0.25) is 0 Å². The molecule has 0 saturated heterocycles. The average Bonchev–Trinajstić information content (AvgIpc) is 2.06. The Hall–Kier alpha value is -0.190. The fraction of sp³-hybridized carbons (Fsp3) is 1.00. The van der Waals surface area contributed by atoms with E-state index in [9.17, 15) is 17.2 Å². The minimum absolute atomic E-state index is 0.169. The highest BCUT2D eigenvalue weighted by Gasteiger charge is 2.45. The Balaban J connectivity index is 2.81. The van der Waals surface area contributed by atoms with Gasteiger partial charge in [0.15, 0.2) is 9.84 Å². The summed E-state index contributed by atoms with van der Waals surface area (Å²) in [5.41, 5.74) is 0. The van der Waals surface area contributed by atoms with Crippen LogP contribution in [0.4, 0.5) is 8.78 Å². The molecule has 1 saturated carbocycles. The van der Waals surface area contributed by atoms with Gasteiger partial charge in [0, 0.05) is 12.3 Å². The Morgan fingerprint density at radius 3 is 2.25 bits per heavy atom. The summed E-state index contributed by atoms with van der Waals surface area (Å²) in [7, 11) is -3.45. The standard InChI is InChI=1S/C11H20F2O2S/c1-10(2,3)16(14,15)8-9-6-4-5-7-11(9,12)13/h9H,4-8H2,1-3H3. The molecule has 0 heterocycles. The molecule has 16 heavy (non-hydrogen) atoms. The van der Waals surface area contributed by atoms with Gasteiger partial charge < -0.3 is 0 Å². The first-order valence-electron chi connectivity index (χ1n) is 5.66. The molecule has 1 unspecified atom stereocenters. The maximum Gasteiger partial charge on any atom is 0.251 e. The van der Waals surface area contributed by atoms with Crippen LogP contribution in [0.15, 0.2) is 0 Å². The smallest absolute Gasteiger partial charge is 0.228 e. The zero-order valence-electron chi connectivity index (χ0n) is 10.1. The van der Waals surface area contributed by atoms with Crippen LogP contribution in [0.3, 0.4) is 0 Å². The van der Waals surface area contributed by atoms with Crippen LogP contribution in [0.25, 0.3) is 0 Å². The van der Waals surface area contributed by atoms with Gasteiger partial charge in [-0.15, -0.1) is 0 Å². The lowest BCUT2D eigenvalue weighted by Gasteiger charge is -2.32. The molecular weight excluding hydrogens is 234 g/mol. The van der Waals surface area contributed by atoms with Gasteiger partial charge in [0.05, 0.1) is 10.5 Å². The third kappa shape index (κ3) is 2.93. The van der Waals surface area contributed by atoms with Gasteiger partial charge >= 0.3 is 0 Å². The summed E-state index contributed by atoms with van der Waals surface area (Å²) in [6, 6.07) is 0. The molecule has 2 nitrogen and oxygen atoms in total.